The smallest absolute Gasteiger partial charge is 0.246 e. The number of benzene rings is 2. The molecule has 0 radical (unpaired) electrons. The number of nitrogens with one attached hydrogen (secondary N) is 1. The van der Waals surface area contributed by atoms with Gasteiger partial charge in [-0.1, -0.05) is 60.4 Å². The first-order valence-corrected chi connectivity index (χ1v) is 12.9. The Morgan fingerprint density at radius 1 is 1.04 bits per heavy atom. The topological polar surface area (TPSA) is 75.2 Å². The van der Waals surface area contributed by atoms with Crippen molar-refractivity contribution in [3.05, 3.63) is 48.0 Å². The summed E-state index contributed by atoms with van der Waals surface area (Å²) >= 11 is 4.55. The van der Waals surface area contributed by atoms with Gasteiger partial charge in [-0.2, -0.15) is 12.7 Å². The molecule has 0 atom stereocenters. The summed E-state index contributed by atoms with van der Waals surface area (Å²) in [5.74, 6) is 0. The molecule has 146 valence electrons. The maximum absolute atomic E-state index is 12.9. The summed E-state index contributed by atoms with van der Waals surface area (Å²) < 4.78 is 32.8. The van der Waals surface area contributed by atoms with Crippen LogP contribution in [0.3, 0.4) is 0 Å². The molecule has 28 heavy (non-hydrogen) atoms. The molecule has 0 amide bonds. The van der Waals surface area contributed by atoms with Crippen LogP contribution in [0.15, 0.2) is 46.8 Å². The van der Waals surface area contributed by atoms with Gasteiger partial charge >= 0.3 is 10.2 Å². The Balaban J connectivity index is 1.64. The summed E-state index contributed by atoms with van der Waals surface area (Å²) in [5, 5.41) is 0.369. The zero-order chi connectivity index (χ0) is 19.7. The highest BCUT2D eigenvalue weighted by molar-refractivity contribution is 8.00. The lowest BCUT2D eigenvalue weighted by atomic mass is 10.2. The molecule has 1 N–H and O–H groups in total. The third-order valence-corrected chi connectivity index (χ3v) is 9.03. The van der Waals surface area contributed by atoms with E-state index < -0.39 is 10.2 Å². The molecule has 0 fully saturated rings. The zero-order valence-electron chi connectivity index (χ0n) is 15.2. The summed E-state index contributed by atoms with van der Waals surface area (Å²) in [6, 6.07) is 13.4. The van der Waals surface area contributed by atoms with Crippen molar-refractivity contribution in [1.29, 1.82) is 0 Å². The van der Waals surface area contributed by atoms with Crippen LogP contribution in [0, 0.1) is 0 Å². The molecular weight excluding hydrogens is 432 g/mol. The molecule has 0 aliphatic rings. The van der Waals surface area contributed by atoms with E-state index in [0.29, 0.717) is 18.2 Å². The molecule has 2 aromatic carbocycles. The monoisotopic (exact) mass is 450 g/mol. The van der Waals surface area contributed by atoms with Gasteiger partial charge in [-0.15, -0.1) is 11.3 Å². The first kappa shape index (κ1) is 19.6. The molecule has 4 aromatic rings. The Morgan fingerprint density at radius 2 is 1.71 bits per heavy atom. The number of thiazole rings is 2. The van der Waals surface area contributed by atoms with Crippen LogP contribution in [0.2, 0.25) is 0 Å². The van der Waals surface area contributed by atoms with E-state index in [0.717, 1.165) is 30.3 Å². The second-order valence-electron chi connectivity index (χ2n) is 5.98. The lowest BCUT2D eigenvalue weighted by molar-refractivity contribution is 0.427. The van der Waals surface area contributed by atoms with E-state index in [1.165, 1.54) is 15.6 Å². The minimum Gasteiger partial charge on any atom is -0.246 e. The number of nitrogens with zero attached hydrogens (tertiary/aromatic N) is 3. The van der Waals surface area contributed by atoms with Crippen molar-refractivity contribution in [2.75, 3.05) is 17.5 Å². The Labute approximate surface area is 175 Å². The van der Waals surface area contributed by atoms with Gasteiger partial charge in [-0.25, -0.2) is 14.7 Å². The van der Waals surface area contributed by atoms with Crippen LogP contribution in [0.1, 0.15) is 12.5 Å². The molecule has 4 rings (SSSR count). The van der Waals surface area contributed by atoms with Crippen molar-refractivity contribution >= 4 is 70.2 Å². The predicted molar refractivity (Wildman–Crippen MR) is 120 cm³/mol. The molecule has 6 nitrogen and oxygen atoms in total. The molecule has 0 saturated heterocycles. The fourth-order valence-electron chi connectivity index (χ4n) is 2.81. The van der Waals surface area contributed by atoms with Crippen LogP contribution in [0.5, 0.6) is 0 Å². The van der Waals surface area contributed by atoms with Crippen LogP contribution in [-0.2, 0) is 16.8 Å². The van der Waals surface area contributed by atoms with Crippen molar-refractivity contribution in [3.63, 3.8) is 0 Å². The number of fused-ring (bicyclic) bond motifs is 3. The van der Waals surface area contributed by atoms with Gasteiger partial charge in [0.25, 0.3) is 0 Å². The van der Waals surface area contributed by atoms with Crippen LogP contribution in [0.4, 0.5) is 5.13 Å². The maximum Gasteiger partial charge on any atom is 0.303 e. The SMILES string of the molecule is CCN(Cc1ccccc1)S(=O)(=O)Nc1nc2ccc3nc(SC)sc3c2s1. The van der Waals surface area contributed by atoms with E-state index in [1.807, 2.05) is 55.6 Å². The van der Waals surface area contributed by atoms with Crippen LogP contribution < -0.4 is 4.72 Å². The number of aromatic nitrogens is 2. The molecule has 0 aliphatic heterocycles. The maximum atomic E-state index is 12.9. The molecule has 0 spiro atoms. The second kappa shape index (κ2) is 7.96. The summed E-state index contributed by atoms with van der Waals surface area (Å²) in [5.41, 5.74) is 2.63. The van der Waals surface area contributed by atoms with E-state index in [4.69, 9.17) is 0 Å². The largest absolute Gasteiger partial charge is 0.303 e. The molecule has 2 heterocycles. The number of rotatable bonds is 7. The lowest BCUT2D eigenvalue weighted by Gasteiger charge is -2.20. The Kier molecular flexibility index (Phi) is 5.57. The van der Waals surface area contributed by atoms with Crippen LogP contribution >= 0.6 is 34.4 Å². The first-order valence-electron chi connectivity index (χ1n) is 8.56. The highest BCUT2D eigenvalue weighted by atomic mass is 32.2. The van der Waals surface area contributed by atoms with Gasteiger partial charge in [-0.05, 0) is 24.0 Å². The summed E-state index contributed by atoms with van der Waals surface area (Å²) in [6.07, 6.45) is 1.99. The van der Waals surface area contributed by atoms with Gasteiger partial charge in [0.15, 0.2) is 9.47 Å². The molecule has 10 heteroatoms. The Morgan fingerprint density at radius 3 is 2.39 bits per heavy atom. The molecule has 0 saturated carbocycles. The normalized spacial score (nSPS) is 12.2. The summed E-state index contributed by atoms with van der Waals surface area (Å²) in [4.78, 5) is 9.05. The van der Waals surface area contributed by atoms with E-state index in [2.05, 4.69) is 14.7 Å². The van der Waals surface area contributed by atoms with Crippen molar-refractivity contribution < 1.29 is 8.42 Å². The molecule has 2 aromatic heterocycles. The number of hydrogen-bond acceptors (Lipinski definition) is 7. The highest BCUT2D eigenvalue weighted by Gasteiger charge is 2.23. The van der Waals surface area contributed by atoms with Crippen molar-refractivity contribution in [3.8, 4) is 0 Å². The van der Waals surface area contributed by atoms with Crippen molar-refractivity contribution in [1.82, 2.24) is 14.3 Å². The standard InChI is InChI=1S/C18H18N4O2S4/c1-3-22(11-12-7-5-4-6-8-12)28(23,24)21-17-19-13-9-10-14-16(15(13)26-17)27-18(20-14)25-2/h4-10H,3,11H2,1-2H3,(H,19,21). The molecule has 0 aliphatic carbocycles. The average Bonchev–Trinajstić information content (AvgIpc) is 3.29. The minimum absolute atomic E-state index is 0.313. The van der Waals surface area contributed by atoms with Crippen molar-refractivity contribution in [2.24, 2.45) is 0 Å². The van der Waals surface area contributed by atoms with Crippen LogP contribution in [-0.4, -0.2) is 35.5 Å². The highest BCUT2D eigenvalue weighted by Crippen LogP contribution is 2.38. The third kappa shape index (κ3) is 3.87. The van der Waals surface area contributed by atoms with E-state index >= 15 is 0 Å². The van der Waals surface area contributed by atoms with E-state index in [9.17, 15) is 8.42 Å². The van der Waals surface area contributed by atoms with E-state index in [1.54, 1.807) is 23.1 Å². The molecule has 0 unspecified atom stereocenters. The zero-order valence-corrected chi connectivity index (χ0v) is 18.5. The fourth-order valence-corrected chi connectivity index (χ4v) is 6.86. The Bertz CT molecular complexity index is 1220. The van der Waals surface area contributed by atoms with Crippen molar-refractivity contribution in [2.45, 2.75) is 17.8 Å². The first-order chi connectivity index (χ1) is 13.5. The lowest BCUT2D eigenvalue weighted by Crippen LogP contribution is -2.35. The molecular formula is C18H18N4O2S4. The van der Waals surface area contributed by atoms with E-state index in [-0.39, 0.29) is 0 Å². The van der Waals surface area contributed by atoms with Gasteiger partial charge in [0.2, 0.25) is 0 Å². The number of hydrogen-bond donors (Lipinski definition) is 1. The molecule has 0 bridgehead atoms. The average molecular weight is 451 g/mol. The summed E-state index contributed by atoms with van der Waals surface area (Å²) in [6.45, 7) is 2.50. The van der Waals surface area contributed by atoms with Crippen LogP contribution in [0.25, 0.3) is 20.4 Å². The number of thioether (sulfide) groups is 1. The Hall–Kier alpha value is -1.72. The predicted octanol–water partition coefficient (Wildman–Crippen LogP) is 4.81. The van der Waals surface area contributed by atoms with Gasteiger partial charge in [-0.3, -0.25) is 0 Å². The quantitative estimate of drug-likeness (QED) is 0.409. The fraction of sp³-hybridized carbons (Fsp3) is 0.222. The minimum atomic E-state index is -3.71. The summed E-state index contributed by atoms with van der Waals surface area (Å²) in [7, 11) is -3.71. The van der Waals surface area contributed by atoms with Gasteiger partial charge in [0.05, 0.1) is 20.4 Å². The third-order valence-electron chi connectivity index (χ3n) is 4.18. The second-order valence-corrected chi connectivity index (χ2v) is 10.7. The number of anilines is 1. The van der Waals surface area contributed by atoms with Gasteiger partial charge in [0, 0.05) is 13.1 Å². The van der Waals surface area contributed by atoms with Gasteiger partial charge in [0.1, 0.15) is 0 Å². The van der Waals surface area contributed by atoms with Gasteiger partial charge < -0.3 is 0 Å².